The number of unbranched alkanes of at least 4 members (excludes halogenated alkanes) is 1. The Morgan fingerprint density at radius 2 is 1.86 bits per heavy atom. The van der Waals surface area contributed by atoms with Gasteiger partial charge in [-0.1, -0.05) is 19.4 Å². The van der Waals surface area contributed by atoms with Crippen LogP contribution in [0.15, 0.2) is 41.8 Å². The Bertz CT molecular complexity index is 769. The highest BCUT2D eigenvalue weighted by Crippen LogP contribution is 2.15. The number of benzene rings is 1. The van der Waals surface area contributed by atoms with Crippen molar-refractivity contribution >= 4 is 23.2 Å². The lowest BCUT2D eigenvalue weighted by atomic mass is 10.1. The summed E-state index contributed by atoms with van der Waals surface area (Å²) in [6, 6.07) is 11.1. The van der Waals surface area contributed by atoms with Crippen LogP contribution in [0.1, 0.15) is 39.8 Å². The van der Waals surface area contributed by atoms with Crippen LogP contribution in [0.4, 0.5) is 0 Å². The predicted octanol–water partition coefficient (Wildman–Crippen LogP) is 3.11. The lowest BCUT2D eigenvalue weighted by Gasteiger charge is -2.34. The molecular formula is C22H29N3O3S. The van der Waals surface area contributed by atoms with Crippen LogP contribution in [0.3, 0.4) is 0 Å². The van der Waals surface area contributed by atoms with Gasteiger partial charge in [-0.15, -0.1) is 11.3 Å². The number of amides is 2. The molecule has 0 aliphatic carbocycles. The molecule has 0 spiro atoms. The van der Waals surface area contributed by atoms with E-state index in [0.29, 0.717) is 31.8 Å². The molecule has 0 unspecified atom stereocenters. The maximum atomic E-state index is 12.7. The van der Waals surface area contributed by atoms with E-state index in [-0.39, 0.29) is 11.8 Å². The monoisotopic (exact) mass is 415 g/mol. The number of carbonyl (C=O) groups is 2. The number of rotatable bonds is 9. The van der Waals surface area contributed by atoms with Gasteiger partial charge in [-0.25, -0.2) is 0 Å². The van der Waals surface area contributed by atoms with E-state index in [2.05, 4.69) is 17.1 Å². The van der Waals surface area contributed by atoms with Crippen LogP contribution in [-0.2, 0) is 0 Å². The van der Waals surface area contributed by atoms with E-state index in [1.54, 1.807) is 0 Å². The lowest BCUT2D eigenvalue weighted by molar-refractivity contribution is 0.0638. The van der Waals surface area contributed by atoms with Gasteiger partial charge in [-0.05, 0) is 42.1 Å². The third kappa shape index (κ3) is 6.30. The second kappa shape index (κ2) is 11.0. The van der Waals surface area contributed by atoms with Crippen molar-refractivity contribution in [2.24, 2.45) is 0 Å². The zero-order chi connectivity index (χ0) is 20.5. The fraction of sp³-hybridized carbons (Fsp3) is 0.455. The Hall–Kier alpha value is -2.38. The van der Waals surface area contributed by atoms with E-state index in [4.69, 9.17) is 4.74 Å². The molecule has 2 heterocycles. The van der Waals surface area contributed by atoms with Gasteiger partial charge in [0.05, 0.1) is 11.5 Å². The van der Waals surface area contributed by atoms with Crippen LogP contribution < -0.4 is 10.1 Å². The van der Waals surface area contributed by atoms with E-state index in [1.807, 2.05) is 46.7 Å². The first-order chi connectivity index (χ1) is 14.2. The summed E-state index contributed by atoms with van der Waals surface area (Å²) >= 11 is 1.45. The fourth-order valence-corrected chi connectivity index (χ4v) is 3.85. The molecule has 3 rings (SSSR count). The second-order valence-electron chi connectivity index (χ2n) is 7.09. The highest BCUT2D eigenvalue weighted by Gasteiger charge is 2.22. The van der Waals surface area contributed by atoms with Gasteiger partial charge < -0.3 is 15.0 Å². The highest BCUT2D eigenvalue weighted by molar-refractivity contribution is 7.12. The van der Waals surface area contributed by atoms with Crippen LogP contribution in [0.25, 0.3) is 0 Å². The second-order valence-corrected chi connectivity index (χ2v) is 8.04. The van der Waals surface area contributed by atoms with Crippen molar-refractivity contribution in [2.45, 2.75) is 19.8 Å². The molecule has 1 fully saturated rings. The van der Waals surface area contributed by atoms with Crippen molar-refractivity contribution in [1.29, 1.82) is 0 Å². The van der Waals surface area contributed by atoms with E-state index in [9.17, 15) is 9.59 Å². The zero-order valence-electron chi connectivity index (χ0n) is 16.9. The molecule has 0 atom stereocenters. The first-order valence-electron chi connectivity index (χ1n) is 10.2. The minimum absolute atomic E-state index is 0.0177. The van der Waals surface area contributed by atoms with Gasteiger partial charge in [0.15, 0.2) is 0 Å². The molecule has 1 N–H and O–H groups in total. The summed E-state index contributed by atoms with van der Waals surface area (Å²) < 4.78 is 5.66. The molecule has 156 valence electrons. The molecule has 6 nitrogen and oxygen atoms in total. The molecule has 1 saturated heterocycles. The van der Waals surface area contributed by atoms with Gasteiger partial charge in [-0.3, -0.25) is 14.5 Å². The molecule has 2 aromatic rings. The number of carbonyl (C=O) groups excluding carboxylic acids is 2. The summed E-state index contributed by atoms with van der Waals surface area (Å²) in [6.45, 7) is 7.29. The smallest absolute Gasteiger partial charge is 0.261 e. The van der Waals surface area contributed by atoms with Crippen molar-refractivity contribution in [3.8, 4) is 5.75 Å². The average molecular weight is 416 g/mol. The van der Waals surface area contributed by atoms with Gasteiger partial charge in [0.1, 0.15) is 5.75 Å². The molecule has 1 aromatic carbocycles. The Balaban J connectivity index is 1.38. The lowest BCUT2D eigenvalue weighted by Crippen LogP contribution is -2.50. The van der Waals surface area contributed by atoms with Crippen LogP contribution in [0.5, 0.6) is 5.75 Å². The van der Waals surface area contributed by atoms with E-state index < -0.39 is 0 Å². The number of piperazine rings is 1. The Morgan fingerprint density at radius 3 is 2.52 bits per heavy atom. The molecule has 1 aliphatic rings. The van der Waals surface area contributed by atoms with Crippen LogP contribution in [0, 0.1) is 0 Å². The Kier molecular flexibility index (Phi) is 8.07. The van der Waals surface area contributed by atoms with Crippen molar-refractivity contribution in [3.05, 3.63) is 52.2 Å². The predicted molar refractivity (Wildman–Crippen MR) is 116 cm³/mol. The Labute approximate surface area is 176 Å². The molecule has 1 aromatic heterocycles. The topological polar surface area (TPSA) is 61.9 Å². The zero-order valence-corrected chi connectivity index (χ0v) is 17.7. The minimum atomic E-state index is -0.0177. The number of ether oxygens (including phenoxy) is 1. The summed E-state index contributed by atoms with van der Waals surface area (Å²) in [5.74, 6) is 0.858. The van der Waals surface area contributed by atoms with Crippen LogP contribution in [-0.4, -0.2) is 67.5 Å². The summed E-state index contributed by atoms with van der Waals surface area (Å²) in [7, 11) is 0. The molecule has 0 radical (unpaired) electrons. The van der Waals surface area contributed by atoms with E-state index in [1.165, 1.54) is 11.3 Å². The van der Waals surface area contributed by atoms with E-state index in [0.717, 1.165) is 43.1 Å². The van der Waals surface area contributed by atoms with Crippen LogP contribution >= 0.6 is 11.3 Å². The molecular weight excluding hydrogens is 386 g/mol. The van der Waals surface area contributed by atoms with Gasteiger partial charge in [-0.2, -0.15) is 0 Å². The van der Waals surface area contributed by atoms with Crippen molar-refractivity contribution in [2.75, 3.05) is 45.9 Å². The summed E-state index contributed by atoms with van der Waals surface area (Å²) in [6.07, 6.45) is 2.13. The first-order valence-corrected chi connectivity index (χ1v) is 11.1. The van der Waals surface area contributed by atoms with E-state index >= 15 is 0 Å². The van der Waals surface area contributed by atoms with Gasteiger partial charge in [0, 0.05) is 44.8 Å². The fourth-order valence-electron chi connectivity index (χ4n) is 3.21. The number of hydrogen-bond acceptors (Lipinski definition) is 5. The third-order valence-electron chi connectivity index (χ3n) is 4.99. The minimum Gasteiger partial charge on any atom is -0.494 e. The third-order valence-corrected chi connectivity index (χ3v) is 5.85. The summed E-state index contributed by atoms with van der Waals surface area (Å²) in [5.41, 5.74) is 0.699. The van der Waals surface area contributed by atoms with Gasteiger partial charge in [0.2, 0.25) is 0 Å². The molecule has 29 heavy (non-hydrogen) atoms. The van der Waals surface area contributed by atoms with Gasteiger partial charge in [0.25, 0.3) is 11.8 Å². The quantitative estimate of drug-likeness (QED) is 0.640. The summed E-state index contributed by atoms with van der Waals surface area (Å²) in [4.78, 5) is 29.6. The normalized spacial score (nSPS) is 14.6. The highest BCUT2D eigenvalue weighted by atomic mass is 32.1. The molecule has 0 bridgehead atoms. The van der Waals surface area contributed by atoms with Gasteiger partial charge >= 0.3 is 0 Å². The molecule has 1 aliphatic heterocycles. The SMILES string of the molecule is CCCCOc1ccc(C(=O)N2CCN(CCNC(=O)c3cccs3)CC2)cc1. The Morgan fingerprint density at radius 1 is 1.10 bits per heavy atom. The number of nitrogens with one attached hydrogen (secondary N) is 1. The van der Waals surface area contributed by atoms with Crippen molar-refractivity contribution in [1.82, 2.24) is 15.1 Å². The van der Waals surface area contributed by atoms with Crippen LogP contribution in [0.2, 0.25) is 0 Å². The number of thiophene rings is 1. The van der Waals surface area contributed by atoms with Crippen molar-refractivity contribution < 1.29 is 14.3 Å². The molecule has 7 heteroatoms. The first kappa shape index (κ1) is 21.3. The standard InChI is InChI=1S/C22H29N3O3S/c1-2-3-16-28-19-8-6-18(7-9-19)22(27)25-14-12-24(13-15-25)11-10-23-21(26)20-5-4-17-29-20/h4-9,17H,2-3,10-16H2,1H3,(H,23,26). The largest absolute Gasteiger partial charge is 0.494 e. The average Bonchev–Trinajstić information content (AvgIpc) is 3.29. The molecule has 2 amide bonds. The molecule has 0 saturated carbocycles. The maximum absolute atomic E-state index is 12.7. The number of nitrogens with zero attached hydrogens (tertiary/aromatic N) is 2. The number of hydrogen-bond donors (Lipinski definition) is 1. The van der Waals surface area contributed by atoms with Crippen molar-refractivity contribution in [3.63, 3.8) is 0 Å². The summed E-state index contributed by atoms with van der Waals surface area (Å²) in [5, 5.41) is 4.85. The maximum Gasteiger partial charge on any atom is 0.261 e.